The maximum Gasteiger partial charge on any atom is 1.00 e. The van der Waals surface area contributed by atoms with Crippen molar-refractivity contribution >= 4 is 59.4 Å². The second kappa shape index (κ2) is 22.5. The molecule has 6 aromatic rings. The van der Waals surface area contributed by atoms with Crippen molar-refractivity contribution in [3.05, 3.63) is 119 Å². The van der Waals surface area contributed by atoms with Gasteiger partial charge in [-0.25, -0.2) is 9.97 Å². The number of H-pyrrole nitrogens is 2. The van der Waals surface area contributed by atoms with E-state index in [9.17, 15) is 27.9 Å². The summed E-state index contributed by atoms with van der Waals surface area (Å²) < 4.78 is 52.6. The number of nitrogens with zero attached hydrogens (tertiary/aromatic N) is 3. The Morgan fingerprint density at radius 1 is 0.700 bits per heavy atom. The minimum atomic E-state index is -4.51. The first-order valence-electron chi connectivity index (χ1n) is 18.9. The predicted molar refractivity (Wildman–Crippen MR) is 232 cm³/mol. The minimum Gasteiger partial charge on any atom is -0.850 e. The fraction of sp³-hybridized carbons (Fsp3) is 0.349. The fourth-order valence-corrected chi connectivity index (χ4v) is 7.30. The molecule has 0 atom stereocenters. The van der Waals surface area contributed by atoms with Crippen LogP contribution in [0.5, 0.6) is 0 Å². The molecule has 60 heavy (non-hydrogen) atoms. The predicted octanol–water partition coefficient (Wildman–Crippen LogP) is 4.93. The maximum absolute atomic E-state index is 13.5. The summed E-state index contributed by atoms with van der Waals surface area (Å²) in [4.78, 5) is 41.0. The molecular formula is C43H46Br2F3KN6O5. The van der Waals surface area contributed by atoms with E-state index in [0.717, 1.165) is 69.6 Å². The SMILES string of the molecule is C1COCCN1.CC(C)(C)[O-].Cc1cccc2c(=O)[nH]c(-c3cc(Br)cc(Br)c3)nc12.Cc1cccc2c(=O)[nH]c(-c3cc(N4CCOCC4)cc(C(F)(F)F)c3)nc12.[K+]. The summed E-state index contributed by atoms with van der Waals surface area (Å²) in [6, 6.07) is 20.4. The van der Waals surface area contributed by atoms with Crippen LogP contribution in [0.25, 0.3) is 44.6 Å². The molecule has 2 aliphatic heterocycles. The van der Waals surface area contributed by atoms with Gasteiger partial charge in [-0.05, 0) is 73.5 Å². The van der Waals surface area contributed by atoms with Gasteiger partial charge in [0, 0.05) is 51.9 Å². The second-order valence-corrected chi connectivity index (χ2v) is 16.6. The maximum atomic E-state index is 13.5. The van der Waals surface area contributed by atoms with E-state index in [0.29, 0.717) is 54.1 Å². The third-order valence-electron chi connectivity index (χ3n) is 8.75. The van der Waals surface area contributed by atoms with Crippen molar-refractivity contribution in [2.75, 3.05) is 57.5 Å². The zero-order chi connectivity index (χ0) is 42.9. The van der Waals surface area contributed by atoms with E-state index in [2.05, 4.69) is 57.1 Å². The summed E-state index contributed by atoms with van der Waals surface area (Å²) >= 11 is 6.89. The Labute approximate surface area is 405 Å². The number of fused-ring (bicyclic) bond motifs is 2. The number of rotatable bonds is 3. The molecule has 8 rings (SSSR count). The summed E-state index contributed by atoms with van der Waals surface area (Å²) in [6.45, 7) is 14.4. The van der Waals surface area contributed by atoms with E-state index >= 15 is 0 Å². The number of hydrogen-bond donors (Lipinski definition) is 3. The number of anilines is 1. The topological polar surface area (TPSA) is 148 Å². The van der Waals surface area contributed by atoms with Crippen molar-refractivity contribution in [1.82, 2.24) is 25.3 Å². The summed E-state index contributed by atoms with van der Waals surface area (Å²) in [5, 5.41) is 14.3. The molecule has 4 heterocycles. The number of para-hydroxylation sites is 2. The average Bonchev–Trinajstić information content (AvgIpc) is 3.18. The van der Waals surface area contributed by atoms with Crippen LogP contribution in [0.4, 0.5) is 18.9 Å². The summed E-state index contributed by atoms with van der Waals surface area (Å²) in [6.07, 6.45) is -4.51. The molecule has 11 nitrogen and oxygen atoms in total. The van der Waals surface area contributed by atoms with Gasteiger partial charge in [-0.1, -0.05) is 76.9 Å². The molecule has 314 valence electrons. The van der Waals surface area contributed by atoms with E-state index in [1.54, 1.807) is 45.0 Å². The number of hydrogen-bond acceptors (Lipinski definition) is 9. The molecule has 0 unspecified atom stereocenters. The van der Waals surface area contributed by atoms with Crippen LogP contribution in [0.1, 0.15) is 37.5 Å². The summed E-state index contributed by atoms with van der Waals surface area (Å²) in [5.74, 6) is 0.686. The van der Waals surface area contributed by atoms with Gasteiger partial charge in [0.05, 0.1) is 53.8 Å². The summed E-state index contributed by atoms with van der Waals surface area (Å²) in [7, 11) is 0. The Morgan fingerprint density at radius 2 is 1.15 bits per heavy atom. The van der Waals surface area contributed by atoms with E-state index in [1.807, 2.05) is 55.1 Å². The van der Waals surface area contributed by atoms with Crippen molar-refractivity contribution in [3.8, 4) is 22.8 Å². The number of alkyl halides is 3. The van der Waals surface area contributed by atoms with Crippen LogP contribution in [0.3, 0.4) is 0 Å². The number of ether oxygens (including phenoxy) is 2. The van der Waals surface area contributed by atoms with Crippen LogP contribution >= 0.6 is 31.9 Å². The third kappa shape index (κ3) is 14.6. The Kier molecular flexibility index (Phi) is 18.7. The van der Waals surface area contributed by atoms with E-state index < -0.39 is 17.3 Å². The Hall–Kier alpha value is -2.81. The molecule has 0 bridgehead atoms. The number of morpholine rings is 2. The van der Waals surface area contributed by atoms with E-state index in [-0.39, 0.29) is 73.9 Å². The Morgan fingerprint density at radius 3 is 1.57 bits per heavy atom. The number of aromatic amines is 2. The largest absolute Gasteiger partial charge is 1.00 e. The number of benzene rings is 4. The Bertz CT molecular complexity index is 2460. The van der Waals surface area contributed by atoms with Gasteiger partial charge in [0.25, 0.3) is 11.1 Å². The van der Waals surface area contributed by atoms with Gasteiger partial charge in [-0.2, -0.15) is 13.2 Å². The molecule has 0 saturated carbocycles. The molecule has 2 saturated heterocycles. The number of halogens is 5. The summed E-state index contributed by atoms with van der Waals surface area (Å²) in [5.41, 5.74) is 2.47. The molecule has 0 amide bonds. The second-order valence-electron chi connectivity index (χ2n) is 14.8. The molecule has 0 radical (unpaired) electrons. The first-order valence-corrected chi connectivity index (χ1v) is 20.5. The van der Waals surface area contributed by atoms with Crippen LogP contribution in [0.2, 0.25) is 0 Å². The number of nitrogens with one attached hydrogen (secondary N) is 3. The van der Waals surface area contributed by atoms with Gasteiger partial charge >= 0.3 is 57.6 Å². The van der Waals surface area contributed by atoms with Crippen molar-refractivity contribution in [1.29, 1.82) is 0 Å². The number of aryl methyl sites for hydroxylation is 2. The van der Waals surface area contributed by atoms with Gasteiger partial charge < -0.3 is 34.8 Å². The molecule has 2 fully saturated rings. The molecule has 4 aromatic carbocycles. The third-order valence-corrected chi connectivity index (χ3v) is 9.67. The van der Waals surface area contributed by atoms with E-state index in [4.69, 9.17) is 9.47 Å². The van der Waals surface area contributed by atoms with Gasteiger partial charge in [-0.3, -0.25) is 9.59 Å². The molecule has 2 aliphatic rings. The average molecular weight is 983 g/mol. The smallest absolute Gasteiger partial charge is 0.850 e. The van der Waals surface area contributed by atoms with Gasteiger partial charge in [0.2, 0.25) is 0 Å². The number of aromatic nitrogens is 4. The zero-order valence-corrected chi connectivity index (χ0v) is 40.7. The van der Waals surface area contributed by atoms with Crippen LogP contribution < -0.4 is 77.8 Å². The van der Waals surface area contributed by atoms with Crippen LogP contribution in [-0.4, -0.2) is 78.1 Å². The van der Waals surface area contributed by atoms with Crippen molar-refractivity contribution in [3.63, 3.8) is 0 Å². The first kappa shape index (κ1) is 49.8. The fourth-order valence-electron chi connectivity index (χ4n) is 6.01. The van der Waals surface area contributed by atoms with E-state index in [1.165, 1.54) is 0 Å². The zero-order valence-electron chi connectivity index (χ0n) is 34.4. The van der Waals surface area contributed by atoms with Crippen LogP contribution in [0.15, 0.2) is 91.3 Å². The first-order chi connectivity index (χ1) is 27.9. The van der Waals surface area contributed by atoms with Crippen molar-refractivity contribution < 1.29 is 79.1 Å². The van der Waals surface area contributed by atoms with Crippen molar-refractivity contribution in [2.24, 2.45) is 0 Å². The quantitative estimate of drug-likeness (QED) is 0.210. The molecular weight excluding hydrogens is 936 g/mol. The molecule has 17 heteroatoms. The monoisotopic (exact) mass is 980 g/mol. The van der Waals surface area contributed by atoms with Gasteiger partial charge in [0.1, 0.15) is 11.6 Å². The minimum absolute atomic E-state index is 0. The molecule has 2 aromatic heterocycles. The molecule has 0 spiro atoms. The Balaban J connectivity index is 0.000000215. The van der Waals surface area contributed by atoms with Crippen LogP contribution in [-0.2, 0) is 15.7 Å². The standard InChI is InChI=1S/C20H18F3N3O2.C15H10Br2N2O.C4H9NO.C4H9O.K/c1-12-3-2-4-16-17(12)24-18(25-19(16)27)13-9-14(20(21,22)23)11-15(10-13)26-5-7-28-8-6-26;1-8-3-2-4-12-13(8)18-14(19-15(12)20)9-5-10(16)7-11(17)6-9;1-3-6-4-2-5-1;1-4(2,3)5;/h2-4,9-11H,5-8H2,1H3,(H,24,25,27);2-7H,1H3,(H,18,19,20);5H,1-4H2;1-3H3;/q;;;-1;+1. The van der Waals surface area contributed by atoms with Gasteiger partial charge in [-0.15, -0.1) is 5.60 Å². The molecule has 0 aliphatic carbocycles. The normalized spacial score (nSPS) is 14.2. The molecule has 3 N–H and O–H groups in total. The van der Waals surface area contributed by atoms with Crippen LogP contribution in [0, 0.1) is 13.8 Å². The van der Waals surface area contributed by atoms with Gasteiger partial charge in [0.15, 0.2) is 0 Å². The van der Waals surface area contributed by atoms with Crippen molar-refractivity contribution in [2.45, 2.75) is 46.4 Å².